The maximum Gasteiger partial charge on any atom is 0.338 e. The van der Waals surface area contributed by atoms with Gasteiger partial charge in [-0.2, -0.15) is 0 Å². The van der Waals surface area contributed by atoms with Crippen molar-refractivity contribution in [2.45, 2.75) is 13.0 Å². The predicted molar refractivity (Wildman–Crippen MR) is 134 cm³/mol. The molecule has 2 N–H and O–H groups in total. The van der Waals surface area contributed by atoms with Crippen LogP contribution in [-0.4, -0.2) is 24.8 Å². The Balaban J connectivity index is 1.88. The molecule has 2 amide bonds. The molecule has 6 nitrogen and oxygen atoms in total. The highest BCUT2D eigenvalue weighted by Gasteiger charge is 2.38. The normalized spacial score (nSPS) is 15.9. The van der Waals surface area contributed by atoms with Gasteiger partial charge in [0, 0.05) is 27.5 Å². The van der Waals surface area contributed by atoms with Crippen molar-refractivity contribution < 1.29 is 18.9 Å². The summed E-state index contributed by atoms with van der Waals surface area (Å²) in [6, 6.07) is 23.8. The van der Waals surface area contributed by atoms with Crippen LogP contribution in [-0.2, 0) is 14.1 Å². The van der Waals surface area contributed by atoms with Crippen molar-refractivity contribution in [2.24, 2.45) is 0 Å². The van der Waals surface area contributed by atoms with Crippen molar-refractivity contribution in [3.05, 3.63) is 107 Å². The number of carbonyl (C=O) groups is 2. The summed E-state index contributed by atoms with van der Waals surface area (Å²) in [7, 11) is -3.27. The van der Waals surface area contributed by atoms with Crippen LogP contribution >= 0.6 is 18.7 Å². The summed E-state index contributed by atoms with van der Waals surface area (Å²) in [5, 5.41) is 7.33. The first-order valence-electron chi connectivity index (χ1n) is 10.9. The predicted octanol–water partition coefficient (Wildman–Crippen LogP) is 4.53. The summed E-state index contributed by atoms with van der Waals surface area (Å²) in [6.45, 7) is 1.87. The van der Waals surface area contributed by atoms with E-state index in [9.17, 15) is 14.2 Å². The number of allylic oxidation sites excluding steroid dienone is 1. The fourth-order valence-corrected chi connectivity index (χ4v) is 6.78. The van der Waals surface area contributed by atoms with E-state index in [-0.39, 0.29) is 24.0 Å². The Morgan fingerprint density at radius 1 is 0.941 bits per heavy atom. The van der Waals surface area contributed by atoms with Gasteiger partial charge in [0.25, 0.3) is 0 Å². The third kappa shape index (κ3) is 4.93. The van der Waals surface area contributed by atoms with Crippen LogP contribution in [0.25, 0.3) is 0 Å². The first-order valence-corrected chi connectivity index (χ1v) is 13.1. The topological polar surface area (TPSA) is 84.5 Å². The lowest BCUT2D eigenvalue weighted by atomic mass is 9.95. The highest BCUT2D eigenvalue weighted by atomic mass is 35.5. The fourth-order valence-electron chi connectivity index (χ4n) is 3.99. The van der Waals surface area contributed by atoms with Crippen molar-refractivity contribution >= 4 is 41.4 Å². The molecule has 4 rings (SSSR count). The van der Waals surface area contributed by atoms with Crippen molar-refractivity contribution in [2.75, 3.05) is 12.8 Å². The van der Waals surface area contributed by atoms with E-state index in [0.29, 0.717) is 21.2 Å². The molecule has 3 aromatic carbocycles. The van der Waals surface area contributed by atoms with Gasteiger partial charge in [-0.05, 0) is 24.6 Å². The zero-order valence-electron chi connectivity index (χ0n) is 18.5. The van der Waals surface area contributed by atoms with Gasteiger partial charge in [0.15, 0.2) is 0 Å². The number of rotatable bonds is 7. The quantitative estimate of drug-likeness (QED) is 0.373. The van der Waals surface area contributed by atoms with Crippen LogP contribution in [0, 0.1) is 0 Å². The number of halogens is 1. The maximum absolute atomic E-state index is 14.6. The molecule has 0 aliphatic carbocycles. The largest absolute Gasteiger partial charge is 0.463 e. The van der Waals surface area contributed by atoms with Crippen molar-refractivity contribution in [1.82, 2.24) is 10.6 Å². The SMILES string of the molecule is CCOC(=O)C1=C(CP(=O)(c2ccccc2)c2ccccc2)NC(=O)N[C@H]1c1ccc(Cl)cc1. The summed E-state index contributed by atoms with van der Waals surface area (Å²) in [4.78, 5) is 25.8. The zero-order valence-corrected chi connectivity index (χ0v) is 20.2. The summed E-state index contributed by atoms with van der Waals surface area (Å²) < 4.78 is 20.0. The molecule has 1 heterocycles. The first kappa shape index (κ1) is 23.8. The number of hydrogen-bond donors (Lipinski definition) is 2. The van der Waals surface area contributed by atoms with Gasteiger partial charge >= 0.3 is 12.0 Å². The molecule has 3 aromatic rings. The summed E-state index contributed by atoms with van der Waals surface area (Å²) >= 11 is 6.04. The van der Waals surface area contributed by atoms with Crippen LogP contribution in [0.4, 0.5) is 4.79 Å². The first-order chi connectivity index (χ1) is 16.4. The molecule has 0 spiro atoms. The highest BCUT2D eigenvalue weighted by molar-refractivity contribution is 7.78. The molecular formula is C26H24ClN2O4P. The van der Waals surface area contributed by atoms with E-state index in [0.717, 1.165) is 0 Å². The molecule has 0 saturated carbocycles. The second-order valence-corrected chi connectivity index (χ2v) is 11.0. The van der Waals surface area contributed by atoms with Crippen LogP contribution in [0.1, 0.15) is 18.5 Å². The van der Waals surface area contributed by atoms with Crippen LogP contribution in [0.15, 0.2) is 96.2 Å². The molecule has 0 saturated heterocycles. The lowest BCUT2D eigenvalue weighted by Gasteiger charge is -2.31. The molecular weight excluding hydrogens is 471 g/mol. The number of esters is 1. The minimum absolute atomic E-state index is 0.0489. The van der Waals surface area contributed by atoms with E-state index in [4.69, 9.17) is 16.3 Å². The van der Waals surface area contributed by atoms with E-state index in [2.05, 4.69) is 10.6 Å². The van der Waals surface area contributed by atoms with Gasteiger partial charge in [-0.15, -0.1) is 0 Å². The summed E-state index contributed by atoms with van der Waals surface area (Å²) in [5.74, 6) is -0.586. The van der Waals surface area contributed by atoms with Crippen molar-refractivity contribution in [3.8, 4) is 0 Å². The Morgan fingerprint density at radius 2 is 1.50 bits per heavy atom. The Morgan fingerprint density at radius 3 is 2.03 bits per heavy atom. The maximum atomic E-state index is 14.6. The molecule has 0 aromatic heterocycles. The van der Waals surface area contributed by atoms with E-state index in [1.807, 2.05) is 36.4 Å². The molecule has 0 bridgehead atoms. The molecule has 34 heavy (non-hydrogen) atoms. The van der Waals surface area contributed by atoms with E-state index in [1.54, 1.807) is 55.5 Å². The fraction of sp³-hybridized carbons (Fsp3) is 0.154. The Hall–Kier alpha value is -3.34. The molecule has 0 radical (unpaired) electrons. The van der Waals surface area contributed by atoms with Gasteiger partial charge in [-0.1, -0.05) is 84.4 Å². The number of nitrogens with one attached hydrogen (secondary N) is 2. The minimum Gasteiger partial charge on any atom is -0.463 e. The lowest BCUT2D eigenvalue weighted by molar-refractivity contribution is -0.139. The second-order valence-electron chi connectivity index (χ2n) is 7.76. The molecule has 0 unspecified atom stereocenters. The molecule has 174 valence electrons. The molecule has 0 fully saturated rings. The monoisotopic (exact) mass is 494 g/mol. The zero-order chi connectivity index (χ0) is 24.1. The van der Waals surface area contributed by atoms with Crippen LogP contribution < -0.4 is 21.2 Å². The third-order valence-corrected chi connectivity index (χ3v) is 8.86. The molecule has 8 heteroatoms. The van der Waals surface area contributed by atoms with Crippen LogP contribution in [0.2, 0.25) is 5.02 Å². The Labute approximate surface area is 203 Å². The Kier molecular flexibility index (Phi) is 7.20. The number of amides is 2. The van der Waals surface area contributed by atoms with Gasteiger partial charge in [-0.3, -0.25) is 0 Å². The van der Waals surface area contributed by atoms with E-state index in [1.165, 1.54) is 0 Å². The van der Waals surface area contributed by atoms with Crippen molar-refractivity contribution in [1.29, 1.82) is 0 Å². The lowest BCUT2D eigenvalue weighted by Crippen LogP contribution is -2.47. The number of carbonyl (C=O) groups excluding carboxylic acids is 2. The van der Waals surface area contributed by atoms with Gasteiger partial charge < -0.3 is 19.9 Å². The number of urea groups is 1. The van der Waals surface area contributed by atoms with E-state index < -0.39 is 25.2 Å². The Bertz CT molecular complexity index is 1220. The number of benzene rings is 3. The third-order valence-electron chi connectivity index (χ3n) is 5.58. The second kappa shape index (κ2) is 10.3. The molecule has 1 atom stereocenters. The standard InChI is InChI=1S/C26H24ClN2O4P/c1-2-33-25(30)23-22(28-26(31)29-24(23)18-13-15-19(27)16-14-18)17-34(32,20-9-5-3-6-10-20)21-11-7-4-8-12-21/h3-16,24H,2,17H2,1H3,(H2,28,29,31)/t24-/m0/s1. The van der Waals surface area contributed by atoms with Crippen LogP contribution in [0.3, 0.4) is 0 Å². The average molecular weight is 495 g/mol. The minimum atomic E-state index is -3.27. The summed E-state index contributed by atoms with van der Waals surface area (Å²) in [5.41, 5.74) is 1.16. The smallest absolute Gasteiger partial charge is 0.338 e. The average Bonchev–Trinajstić information content (AvgIpc) is 2.85. The van der Waals surface area contributed by atoms with Crippen molar-refractivity contribution in [3.63, 3.8) is 0 Å². The van der Waals surface area contributed by atoms with Gasteiger partial charge in [0.1, 0.15) is 7.14 Å². The molecule has 1 aliphatic heterocycles. The van der Waals surface area contributed by atoms with Gasteiger partial charge in [0.2, 0.25) is 0 Å². The van der Waals surface area contributed by atoms with E-state index >= 15 is 0 Å². The number of ether oxygens (including phenoxy) is 1. The van der Waals surface area contributed by atoms with Gasteiger partial charge in [-0.25, -0.2) is 9.59 Å². The summed E-state index contributed by atoms with van der Waals surface area (Å²) in [6.07, 6.45) is -0.0489. The highest BCUT2D eigenvalue weighted by Crippen LogP contribution is 2.46. The van der Waals surface area contributed by atoms with Gasteiger partial charge in [0.05, 0.1) is 18.2 Å². The van der Waals surface area contributed by atoms with Crippen LogP contribution in [0.5, 0.6) is 0 Å². The number of hydrogen-bond acceptors (Lipinski definition) is 4. The molecule has 1 aliphatic rings.